The monoisotopic (exact) mass is 246 g/mol. The Morgan fingerprint density at radius 3 is 2.83 bits per heavy atom. The van der Waals surface area contributed by atoms with E-state index >= 15 is 0 Å². The predicted molar refractivity (Wildman–Crippen MR) is 71.6 cm³/mol. The lowest BCUT2D eigenvalue weighted by molar-refractivity contribution is 0.577. The molecule has 0 saturated carbocycles. The molecular weight excluding hydrogens is 228 g/mol. The van der Waals surface area contributed by atoms with Gasteiger partial charge in [-0.3, -0.25) is 4.79 Å². The highest BCUT2D eigenvalue weighted by Gasteiger charge is 2.05. The molecule has 0 amide bonds. The largest absolute Gasteiger partial charge is 0.378 e. The van der Waals surface area contributed by atoms with Crippen LogP contribution in [0.2, 0.25) is 0 Å². The molecule has 96 valence electrons. The van der Waals surface area contributed by atoms with Gasteiger partial charge in [-0.15, -0.1) is 0 Å². The summed E-state index contributed by atoms with van der Waals surface area (Å²) in [4.78, 5) is 15.4. The Hall–Kier alpha value is -2.04. The zero-order chi connectivity index (χ0) is 13.1. The number of rotatable bonds is 4. The van der Waals surface area contributed by atoms with Crippen LogP contribution in [0.25, 0.3) is 0 Å². The maximum atomic E-state index is 11.3. The summed E-state index contributed by atoms with van der Waals surface area (Å²) < 4.78 is 3.68. The topological polar surface area (TPSA) is 51.9 Å². The van der Waals surface area contributed by atoms with E-state index in [9.17, 15) is 4.79 Å². The Kier molecular flexibility index (Phi) is 3.50. The summed E-state index contributed by atoms with van der Waals surface area (Å²) in [5, 5.41) is 3.29. The van der Waals surface area contributed by atoms with E-state index in [-0.39, 0.29) is 5.56 Å². The maximum absolute atomic E-state index is 11.3. The molecule has 18 heavy (non-hydrogen) atoms. The minimum atomic E-state index is -0.00669. The van der Waals surface area contributed by atoms with Crippen molar-refractivity contribution in [2.45, 2.75) is 26.4 Å². The van der Waals surface area contributed by atoms with Crippen molar-refractivity contribution in [3.05, 3.63) is 46.9 Å². The maximum Gasteiger partial charge on any atom is 0.250 e. The van der Waals surface area contributed by atoms with Crippen LogP contribution < -0.4 is 10.9 Å². The Labute approximate surface area is 106 Å². The van der Waals surface area contributed by atoms with Gasteiger partial charge in [0.1, 0.15) is 0 Å². The minimum absolute atomic E-state index is 0.00669. The molecule has 0 radical (unpaired) electrons. The van der Waals surface area contributed by atoms with Crippen LogP contribution in [0.3, 0.4) is 0 Å². The molecule has 0 atom stereocenters. The number of imidazole rings is 1. The van der Waals surface area contributed by atoms with E-state index in [1.54, 1.807) is 29.9 Å². The molecule has 5 nitrogen and oxygen atoms in total. The van der Waals surface area contributed by atoms with Crippen LogP contribution in [0.15, 0.2) is 35.6 Å². The number of nitrogens with one attached hydrogen (secondary N) is 1. The second-order valence-electron chi connectivity index (χ2n) is 4.61. The fraction of sp³-hybridized carbons (Fsp3) is 0.385. The molecule has 0 fully saturated rings. The molecule has 0 spiro atoms. The van der Waals surface area contributed by atoms with E-state index in [4.69, 9.17) is 0 Å². The third-order valence-corrected chi connectivity index (χ3v) is 2.86. The molecule has 0 unspecified atom stereocenters. The van der Waals surface area contributed by atoms with Crippen LogP contribution in [0.1, 0.15) is 25.6 Å². The van der Waals surface area contributed by atoms with Crippen LogP contribution in [-0.4, -0.2) is 14.1 Å². The zero-order valence-corrected chi connectivity index (χ0v) is 10.9. The van der Waals surface area contributed by atoms with Gasteiger partial charge in [0, 0.05) is 31.5 Å². The van der Waals surface area contributed by atoms with E-state index in [0.29, 0.717) is 12.6 Å². The van der Waals surface area contributed by atoms with Crippen LogP contribution >= 0.6 is 0 Å². The molecule has 2 aromatic rings. The van der Waals surface area contributed by atoms with E-state index in [0.717, 1.165) is 11.4 Å². The Balaban J connectivity index is 2.09. The number of nitrogens with zero attached hydrogens (tertiary/aromatic N) is 3. The smallest absolute Gasteiger partial charge is 0.250 e. The molecular formula is C13H18N4O. The van der Waals surface area contributed by atoms with Crippen molar-refractivity contribution in [2.24, 2.45) is 7.05 Å². The van der Waals surface area contributed by atoms with Gasteiger partial charge in [-0.1, -0.05) is 0 Å². The molecule has 0 aromatic carbocycles. The van der Waals surface area contributed by atoms with Crippen LogP contribution in [0.4, 0.5) is 5.69 Å². The van der Waals surface area contributed by atoms with Gasteiger partial charge in [0.25, 0.3) is 0 Å². The first-order valence-corrected chi connectivity index (χ1v) is 5.99. The third-order valence-electron chi connectivity index (χ3n) is 2.86. The van der Waals surface area contributed by atoms with Gasteiger partial charge >= 0.3 is 0 Å². The molecule has 1 N–H and O–H groups in total. The van der Waals surface area contributed by atoms with Gasteiger partial charge in [0.2, 0.25) is 5.56 Å². The molecule has 2 heterocycles. The average Bonchev–Trinajstić information content (AvgIpc) is 2.79. The molecule has 0 saturated heterocycles. The molecule has 2 rings (SSSR count). The van der Waals surface area contributed by atoms with E-state index < -0.39 is 0 Å². The van der Waals surface area contributed by atoms with Gasteiger partial charge in [0.15, 0.2) is 0 Å². The van der Waals surface area contributed by atoms with Gasteiger partial charge in [-0.05, 0) is 19.9 Å². The number of hydrogen-bond donors (Lipinski definition) is 1. The van der Waals surface area contributed by atoms with Crippen LogP contribution in [-0.2, 0) is 13.6 Å². The summed E-state index contributed by atoms with van der Waals surface area (Å²) in [5.41, 5.74) is 2.04. The molecule has 0 aliphatic carbocycles. The van der Waals surface area contributed by atoms with Crippen LogP contribution in [0, 0.1) is 0 Å². The highest BCUT2D eigenvalue weighted by molar-refractivity contribution is 5.40. The van der Waals surface area contributed by atoms with Crippen molar-refractivity contribution < 1.29 is 0 Å². The van der Waals surface area contributed by atoms with Crippen molar-refractivity contribution in [3.63, 3.8) is 0 Å². The second kappa shape index (κ2) is 5.08. The molecule has 2 aromatic heterocycles. The lowest BCUT2D eigenvalue weighted by Crippen LogP contribution is -2.15. The van der Waals surface area contributed by atoms with Crippen molar-refractivity contribution in [3.8, 4) is 0 Å². The van der Waals surface area contributed by atoms with E-state index in [1.807, 2.05) is 12.5 Å². The summed E-state index contributed by atoms with van der Waals surface area (Å²) in [6.45, 7) is 4.94. The number of aryl methyl sites for hydroxylation is 1. The highest BCUT2D eigenvalue weighted by atomic mass is 16.1. The SMILES string of the molecule is CC(C)n1cncc1CNc1ccc(=O)n(C)c1. The molecule has 0 aliphatic rings. The minimum Gasteiger partial charge on any atom is -0.378 e. The Morgan fingerprint density at radius 1 is 1.39 bits per heavy atom. The lowest BCUT2D eigenvalue weighted by atomic mass is 10.3. The average molecular weight is 246 g/mol. The first-order valence-electron chi connectivity index (χ1n) is 5.99. The zero-order valence-electron chi connectivity index (χ0n) is 10.9. The number of pyridine rings is 1. The van der Waals surface area contributed by atoms with Gasteiger partial charge in [-0.2, -0.15) is 0 Å². The number of hydrogen-bond acceptors (Lipinski definition) is 3. The van der Waals surface area contributed by atoms with E-state index in [1.165, 1.54) is 0 Å². The predicted octanol–water partition coefficient (Wildman–Crippen LogP) is 1.77. The number of anilines is 1. The van der Waals surface area contributed by atoms with Crippen molar-refractivity contribution in [1.29, 1.82) is 0 Å². The third kappa shape index (κ3) is 2.61. The Morgan fingerprint density at radius 2 is 2.17 bits per heavy atom. The van der Waals surface area contributed by atoms with Gasteiger partial charge in [0.05, 0.1) is 24.3 Å². The summed E-state index contributed by atoms with van der Waals surface area (Å²) >= 11 is 0. The van der Waals surface area contributed by atoms with Crippen LogP contribution in [0.5, 0.6) is 0 Å². The van der Waals surface area contributed by atoms with Gasteiger partial charge in [-0.25, -0.2) is 4.98 Å². The quantitative estimate of drug-likeness (QED) is 0.894. The fourth-order valence-electron chi connectivity index (χ4n) is 1.83. The molecule has 0 bridgehead atoms. The highest BCUT2D eigenvalue weighted by Crippen LogP contribution is 2.11. The van der Waals surface area contributed by atoms with Gasteiger partial charge < -0.3 is 14.5 Å². The standard InChI is InChI=1S/C13H18N4O/c1-10(2)17-9-14-6-12(17)7-15-11-4-5-13(18)16(3)8-11/h4-6,8-10,15H,7H2,1-3H3. The fourth-order valence-corrected chi connectivity index (χ4v) is 1.83. The lowest BCUT2D eigenvalue weighted by Gasteiger charge is -2.13. The number of aromatic nitrogens is 3. The molecule has 0 aliphatic heterocycles. The first kappa shape index (κ1) is 12.4. The summed E-state index contributed by atoms with van der Waals surface area (Å²) in [6.07, 6.45) is 5.48. The second-order valence-corrected chi connectivity index (χ2v) is 4.61. The Bertz CT molecular complexity index is 583. The van der Waals surface area contributed by atoms with E-state index in [2.05, 4.69) is 28.7 Å². The van der Waals surface area contributed by atoms with Crippen molar-refractivity contribution >= 4 is 5.69 Å². The molecule has 5 heteroatoms. The summed E-state index contributed by atoms with van der Waals surface area (Å²) in [7, 11) is 1.74. The summed E-state index contributed by atoms with van der Waals surface area (Å²) in [5.74, 6) is 0. The normalized spacial score (nSPS) is 10.9. The first-order chi connectivity index (χ1) is 8.58. The van der Waals surface area contributed by atoms with Crippen molar-refractivity contribution in [1.82, 2.24) is 14.1 Å². The van der Waals surface area contributed by atoms with Crippen molar-refractivity contribution in [2.75, 3.05) is 5.32 Å². The summed E-state index contributed by atoms with van der Waals surface area (Å²) in [6, 6.07) is 3.74.